The van der Waals surface area contributed by atoms with Crippen LogP contribution in [-0.4, -0.2) is 45.8 Å². The molecule has 1 saturated heterocycles. The zero-order chi connectivity index (χ0) is 14.9. The van der Waals surface area contributed by atoms with Crippen LogP contribution in [0.4, 0.5) is 10.5 Å². The van der Waals surface area contributed by atoms with Crippen LogP contribution in [0.1, 0.15) is 12.5 Å². The average molecular weight is 301 g/mol. The van der Waals surface area contributed by atoms with Gasteiger partial charge in [0, 0.05) is 24.8 Å². The van der Waals surface area contributed by atoms with Crippen LogP contribution in [0.25, 0.3) is 0 Å². The van der Waals surface area contributed by atoms with Crippen LogP contribution in [0.3, 0.4) is 0 Å². The van der Waals surface area contributed by atoms with Crippen LogP contribution in [-0.2, 0) is 0 Å². The molecule has 4 rings (SSSR count). The Bertz CT molecular complexity index is 688. The van der Waals surface area contributed by atoms with E-state index in [1.807, 2.05) is 0 Å². The summed E-state index contributed by atoms with van der Waals surface area (Å²) in [4.78, 5) is 15.7. The molecule has 2 amide bonds. The van der Waals surface area contributed by atoms with Crippen molar-refractivity contribution in [1.82, 2.24) is 19.9 Å². The minimum absolute atomic E-state index is 0.131. The highest BCUT2D eigenvalue weighted by atomic mass is 16.7. The third-order valence-corrected chi connectivity index (χ3v) is 3.84. The fraction of sp³-hybridized carbons (Fsp3) is 0.357. The van der Waals surface area contributed by atoms with E-state index in [0.717, 1.165) is 6.42 Å². The maximum atomic E-state index is 12.3. The molecule has 2 aliphatic heterocycles. The lowest BCUT2D eigenvalue weighted by Gasteiger charge is -2.17. The third kappa shape index (κ3) is 2.32. The highest BCUT2D eigenvalue weighted by Crippen LogP contribution is 2.34. The van der Waals surface area contributed by atoms with E-state index >= 15 is 0 Å². The molecular formula is C14H15N5O3. The molecular weight excluding hydrogens is 286 g/mol. The summed E-state index contributed by atoms with van der Waals surface area (Å²) in [5.74, 6) is 1.35. The standard InChI is InChI=1S/C14H15N5O3/c20-14(17-10-1-2-12-13(7-10)22-9-21-12)18-6-3-11(8-18)19-15-4-5-16-19/h1-2,4-5,7,11H,3,6,8-9H2,(H,17,20). The summed E-state index contributed by atoms with van der Waals surface area (Å²) in [6.45, 7) is 1.51. The van der Waals surface area contributed by atoms with Crippen molar-refractivity contribution >= 4 is 11.7 Å². The van der Waals surface area contributed by atoms with E-state index in [4.69, 9.17) is 9.47 Å². The Balaban J connectivity index is 1.40. The van der Waals surface area contributed by atoms with Gasteiger partial charge in [-0.1, -0.05) is 0 Å². The van der Waals surface area contributed by atoms with E-state index in [0.29, 0.717) is 30.3 Å². The predicted molar refractivity (Wildman–Crippen MR) is 76.8 cm³/mol. The van der Waals surface area contributed by atoms with Crippen molar-refractivity contribution in [1.29, 1.82) is 0 Å². The van der Waals surface area contributed by atoms with Gasteiger partial charge in [-0.05, 0) is 18.6 Å². The molecule has 0 saturated carbocycles. The van der Waals surface area contributed by atoms with E-state index < -0.39 is 0 Å². The fourth-order valence-corrected chi connectivity index (χ4v) is 2.71. The minimum atomic E-state index is -0.131. The molecule has 1 aromatic carbocycles. The summed E-state index contributed by atoms with van der Waals surface area (Å²) >= 11 is 0. The molecule has 0 radical (unpaired) electrons. The lowest BCUT2D eigenvalue weighted by Crippen LogP contribution is -2.33. The van der Waals surface area contributed by atoms with E-state index in [1.54, 1.807) is 40.3 Å². The number of nitrogens with zero attached hydrogens (tertiary/aromatic N) is 4. The van der Waals surface area contributed by atoms with Crippen LogP contribution < -0.4 is 14.8 Å². The van der Waals surface area contributed by atoms with Gasteiger partial charge in [-0.15, -0.1) is 0 Å². The normalized spacial score (nSPS) is 19.5. The lowest BCUT2D eigenvalue weighted by atomic mass is 10.3. The quantitative estimate of drug-likeness (QED) is 0.908. The van der Waals surface area contributed by atoms with Gasteiger partial charge in [-0.2, -0.15) is 15.0 Å². The molecule has 1 fully saturated rings. The van der Waals surface area contributed by atoms with Crippen molar-refractivity contribution in [3.63, 3.8) is 0 Å². The smallest absolute Gasteiger partial charge is 0.321 e. The summed E-state index contributed by atoms with van der Waals surface area (Å²) in [6.07, 6.45) is 4.15. The monoisotopic (exact) mass is 301 g/mol. The fourth-order valence-electron chi connectivity index (χ4n) is 2.71. The summed E-state index contributed by atoms with van der Waals surface area (Å²) < 4.78 is 10.6. The van der Waals surface area contributed by atoms with Gasteiger partial charge in [0.15, 0.2) is 11.5 Å². The topological polar surface area (TPSA) is 81.5 Å². The maximum absolute atomic E-state index is 12.3. The maximum Gasteiger partial charge on any atom is 0.321 e. The second-order valence-corrected chi connectivity index (χ2v) is 5.24. The van der Waals surface area contributed by atoms with Gasteiger partial charge >= 0.3 is 6.03 Å². The number of likely N-dealkylation sites (tertiary alicyclic amines) is 1. The lowest BCUT2D eigenvalue weighted by molar-refractivity contribution is 0.174. The Morgan fingerprint density at radius 1 is 1.23 bits per heavy atom. The van der Waals surface area contributed by atoms with E-state index in [2.05, 4.69) is 15.5 Å². The second-order valence-electron chi connectivity index (χ2n) is 5.24. The Labute approximate surface area is 126 Å². The number of amides is 2. The number of benzene rings is 1. The van der Waals surface area contributed by atoms with E-state index in [1.165, 1.54) is 0 Å². The number of carbonyl (C=O) groups is 1. The number of rotatable bonds is 2. The van der Waals surface area contributed by atoms with Gasteiger partial charge in [-0.25, -0.2) is 4.79 Å². The summed E-state index contributed by atoms with van der Waals surface area (Å²) in [7, 11) is 0. The summed E-state index contributed by atoms with van der Waals surface area (Å²) in [5, 5.41) is 11.1. The number of anilines is 1. The number of urea groups is 1. The molecule has 3 heterocycles. The third-order valence-electron chi connectivity index (χ3n) is 3.84. The Morgan fingerprint density at radius 3 is 2.91 bits per heavy atom. The number of hydrogen-bond donors (Lipinski definition) is 1. The van der Waals surface area contributed by atoms with Crippen molar-refractivity contribution < 1.29 is 14.3 Å². The number of aromatic nitrogens is 3. The van der Waals surface area contributed by atoms with Crippen LogP contribution in [0.5, 0.6) is 11.5 Å². The molecule has 2 aromatic rings. The minimum Gasteiger partial charge on any atom is -0.454 e. The molecule has 0 aliphatic carbocycles. The van der Waals surface area contributed by atoms with Crippen molar-refractivity contribution in [2.45, 2.75) is 12.5 Å². The first kappa shape index (κ1) is 12.9. The molecule has 0 bridgehead atoms. The molecule has 8 heteroatoms. The van der Waals surface area contributed by atoms with Crippen LogP contribution in [0, 0.1) is 0 Å². The highest BCUT2D eigenvalue weighted by molar-refractivity contribution is 5.90. The molecule has 8 nitrogen and oxygen atoms in total. The van der Waals surface area contributed by atoms with Gasteiger partial charge < -0.3 is 19.7 Å². The highest BCUT2D eigenvalue weighted by Gasteiger charge is 2.28. The van der Waals surface area contributed by atoms with Gasteiger partial charge in [0.2, 0.25) is 6.79 Å². The Kier molecular flexibility index (Phi) is 3.06. The van der Waals surface area contributed by atoms with Crippen molar-refractivity contribution in [2.75, 3.05) is 25.2 Å². The molecule has 114 valence electrons. The van der Waals surface area contributed by atoms with Crippen molar-refractivity contribution in [2.24, 2.45) is 0 Å². The number of ether oxygens (including phenoxy) is 2. The average Bonchev–Trinajstić information content (AvgIpc) is 3.26. The van der Waals surface area contributed by atoms with Gasteiger partial charge in [0.1, 0.15) is 0 Å². The van der Waals surface area contributed by atoms with Gasteiger partial charge in [0.05, 0.1) is 18.4 Å². The first-order chi connectivity index (χ1) is 10.8. The summed E-state index contributed by atoms with van der Waals surface area (Å²) in [6, 6.07) is 5.36. The summed E-state index contributed by atoms with van der Waals surface area (Å²) in [5.41, 5.74) is 0.690. The zero-order valence-electron chi connectivity index (χ0n) is 11.8. The van der Waals surface area contributed by atoms with Crippen molar-refractivity contribution in [3.8, 4) is 11.5 Å². The molecule has 1 unspecified atom stereocenters. The first-order valence-electron chi connectivity index (χ1n) is 7.11. The molecule has 1 N–H and O–H groups in total. The zero-order valence-corrected chi connectivity index (χ0v) is 11.8. The number of nitrogens with one attached hydrogen (secondary N) is 1. The van der Waals surface area contributed by atoms with Crippen LogP contribution in [0.2, 0.25) is 0 Å². The predicted octanol–water partition coefficient (Wildman–Crippen LogP) is 1.49. The first-order valence-corrected chi connectivity index (χ1v) is 7.11. The number of carbonyl (C=O) groups excluding carboxylic acids is 1. The van der Waals surface area contributed by atoms with E-state index in [9.17, 15) is 4.79 Å². The Hall–Kier alpha value is -2.77. The molecule has 2 aliphatic rings. The Morgan fingerprint density at radius 2 is 2.05 bits per heavy atom. The van der Waals surface area contributed by atoms with Crippen molar-refractivity contribution in [3.05, 3.63) is 30.6 Å². The number of hydrogen-bond acceptors (Lipinski definition) is 5. The molecule has 1 aromatic heterocycles. The number of fused-ring (bicyclic) bond motifs is 1. The van der Waals surface area contributed by atoms with E-state index in [-0.39, 0.29) is 18.9 Å². The molecule has 0 spiro atoms. The SMILES string of the molecule is O=C(Nc1ccc2c(c1)OCO2)N1CCC(n2nccn2)C1. The van der Waals surface area contributed by atoms with Gasteiger partial charge in [0.25, 0.3) is 0 Å². The van der Waals surface area contributed by atoms with Crippen LogP contribution >= 0.6 is 0 Å². The molecule has 22 heavy (non-hydrogen) atoms. The molecule has 1 atom stereocenters. The largest absolute Gasteiger partial charge is 0.454 e. The van der Waals surface area contributed by atoms with Gasteiger partial charge in [-0.3, -0.25) is 0 Å². The second kappa shape index (κ2) is 5.21. The van der Waals surface area contributed by atoms with Crippen LogP contribution in [0.15, 0.2) is 30.6 Å².